The zero-order valence-corrected chi connectivity index (χ0v) is 18.1. The minimum absolute atomic E-state index is 0.00345. The first-order chi connectivity index (χ1) is 14.3. The van der Waals surface area contributed by atoms with Crippen LogP contribution in [0.4, 0.5) is 0 Å². The largest absolute Gasteiger partial charge is 0.283 e. The van der Waals surface area contributed by atoms with Crippen molar-refractivity contribution < 1.29 is 16.8 Å². The summed E-state index contributed by atoms with van der Waals surface area (Å²) < 4.78 is 56.1. The van der Waals surface area contributed by atoms with E-state index in [9.17, 15) is 16.8 Å². The van der Waals surface area contributed by atoms with Gasteiger partial charge in [0, 0.05) is 6.42 Å². The molecule has 0 aliphatic heterocycles. The van der Waals surface area contributed by atoms with Gasteiger partial charge in [-0.2, -0.15) is 8.42 Å². The quantitative estimate of drug-likeness (QED) is 0.414. The van der Waals surface area contributed by atoms with E-state index >= 15 is 0 Å². The van der Waals surface area contributed by atoms with E-state index in [0.29, 0.717) is 0 Å². The third-order valence-corrected chi connectivity index (χ3v) is 6.79. The molecule has 0 unspecified atom stereocenters. The van der Waals surface area contributed by atoms with Gasteiger partial charge in [0.2, 0.25) is 10.0 Å². The Balaban J connectivity index is 2.11. The van der Waals surface area contributed by atoms with Gasteiger partial charge in [-0.05, 0) is 23.3 Å². The van der Waals surface area contributed by atoms with E-state index in [2.05, 4.69) is 4.40 Å². The highest BCUT2D eigenvalue weighted by atomic mass is 32.2. The minimum atomic E-state index is -4.10. The number of sulfonamides is 2. The van der Waals surface area contributed by atoms with E-state index in [-0.39, 0.29) is 23.7 Å². The molecule has 0 saturated carbocycles. The summed E-state index contributed by atoms with van der Waals surface area (Å²) in [4.78, 5) is 0.00345. The lowest BCUT2D eigenvalue weighted by Crippen LogP contribution is -2.37. The lowest BCUT2D eigenvalue weighted by molar-refractivity contribution is 0.521. The fourth-order valence-corrected chi connectivity index (χ4v) is 4.85. The average Bonchev–Trinajstić information content (AvgIpc) is 2.73. The summed E-state index contributed by atoms with van der Waals surface area (Å²) in [6.07, 6.45) is 1.10. The Bertz CT molecular complexity index is 1210. The van der Waals surface area contributed by atoms with Crippen LogP contribution in [0.15, 0.2) is 100 Å². The molecule has 0 aromatic heterocycles. The molecule has 0 spiro atoms. The molecule has 3 aromatic carbocycles. The SMILES string of the molecule is CS(=O)(=O)N(Cc1ccccc1)/C(Cc1ccccc1)=N\S(=O)(=O)c1ccccc1. The fraction of sp³-hybridized carbons (Fsp3) is 0.136. The molecule has 30 heavy (non-hydrogen) atoms. The van der Waals surface area contributed by atoms with E-state index < -0.39 is 20.0 Å². The minimum Gasteiger partial charge on any atom is -0.252 e. The Labute approximate surface area is 177 Å². The van der Waals surface area contributed by atoms with Crippen molar-refractivity contribution in [1.82, 2.24) is 4.31 Å². The van der Waals surface area contributed by atoms with Crippen LogP contribution in [0, 0.1) is 0 Å². The summed E-state index contributed by atoms with van der Waals surface area (Å²) in [5, 5.41) is 0. The molecule has 0 radical (unpaired) electrons. The molecule has 8 heteroatoms. The van der Waals surface area contributed by atoms with Crippen molar-refractivity contribution in [2.75, 3.05) is 6.26 Å². The third kappa shape index (κ3) is 5.77. The highest BCUT2D eigenvalue weighted by Crippen LogP contribution is 2.18. The smallest absolute Gasteiger partial charge is 0.252 e. The monoisotopic (exact) mass is 442 g/mol. The lowest BCUT2D eigenvalue weighted by Gasteiger charge is -2.24. The molecule has 6 nitrogen and oxygen atoms in total. The standard InChI is InChI=1S/C22H22N2O4S2/c1-29(25,26)24(18-20-13-7-3-8-14-20)22(17-19-11-5-2-6-12-19)23-30(27,28)21-15-9-4-10-16-21/h2-16H,17-18H2,1H3/b23-22-. The molecule has 0 atom stereocenters. The Morgan fingerprint density at radius 2 is 1.20 bits per heavy atom. The predicted octanol–water partition coefficient (Wildman–Crippen LogP) is 3.48. The van der Waals surface area contributed by atoms with Crippen LogP contribution in [-0.2, 0) is 33.0 Å². The van der Waals surface area contributed by atoms with Crippen LogP contribution in [-0.4, -0.2) is 33.2 Å². The molecule has 0 aliphatic rings. The number of amidine groups is 1. The first kappa shape index (κ1) is 21.7. The Morgan fingerprint density at radius 1 is 0.733 bits per heavy atom. The average molecular weight is 443 g/mol. The van der Waals surface area contributed by atoms with Crippen LogP contribution in [0.1, 0.15) is 11.1 Å². The Morgan fingerprint density at radius 3 is 1.70 bits per heavy atom. The number of hydrogen-bond donors (Lipinski definition) is 0. The molecule has 0 aliphatic carbocycles. The maximum Gasteiger partial charge on any atom is 0.283 e. The number of hydrogen-bond acceptors (Lipinski definition) is 4. The third-order valence-electron chi connectivity index (χ3n) is 4.33. The van der Waals surface area contributed by atoms with Crippen molar-refractivity contribution in [3.05, 3.63) is 102 Å². The van der Waals surface area contributed by atoms with Gasteiger partial charge < -0.3 is 0 Å². The predicted molar refractivity (Wildman–Crippen MR) is 118 cm³/mol. The molecule has 3 aromatic rings. The Hall–Kier alpha value is -2.97. The van der Waals surface area contributed by atoms with E-state index in [1.807, 2.05) is 12.1 Å². The van der Waals surface area contributed by atoms with Gasteiger partial charge in [-0.3, -0.25) is 4.31 Å². The molecule has 0 heterocycles. The van der Waals surface area contributed by atoms with Crippen molar-refractivity contribution in [2.24, 2.45) is 4.40 Å². The summed E-state index contributed by atoms with van der Waals surface area (Å²) in [7, 11) is -7.89. The number of benzene rings is 3. The van der Waals surface area contributed by atoms with Crippen molar-refractivity contribution in [2.45, 2.75) is 17.9 Å². The molecule has 0 amide bonds. The highest BCUT2D eigenvalue weighted by Gasteiger charge is 2.25. The van der Waals surface area contributed by atoms with Crippen LogP contribution in [0.2, 0.25) is 0 Å². The van der Waals surface area contributed by atoms with E-state index in [1.165, 1.54) is 12.1 Å². The van der Waals surface area contributed by atoms with Gasteiger partial charge in [0.1, 0.15) is 5.84 Å². The second-order valence-corrected chi connectivity index (χ2v) is 10.2. The summed E-state index contributed by atoms with van der Waals surface area (Å²) in [5.41, 5.74) is 1.47. The molecule has 156 valence electrons. The molecule has 0 fully saturated rings. The first-order valence-corrected chi connectivity index (χ1v) is 12.5. The van der Waals surface area contributed by atoms with Gasteiger partial charge >= 0.3 is 0 Å². The molecule has 0 bridgehead atoms. The second-order valence-electron chi connectivity index (χ2n) is 6.71. The van der Waals surface area contributed by atoms with Crippen LogP contribution >= 0.6 is 0 Å². The fourth-order valence-electron chi connectivity index (χ4n) is 2.88. The molecule has 3 rings (SSSR count). The summed E-state index contributed by atoms with van der Waals surface area (Å²) in [6, 6.07) is 25.8. The van der Waals surface area contributed by atoms with Gasteiger partial charge in [0.05, 0.1) is 17.7 Å². The highest BCUT2D eigenvalue weighted by molar-refractivity contribution is 7.90. The summed E-state index contributed by atoms with van der Waals surface area (Å²) in [6.45, 7) is -0.0182. The van der Waals surface area contributed by atoms with E-state index in [4.69, 9.17) is 0 Å². The molecule has 0 saturated heterocycles. The number of nitrogens with zero attached hydrogens (tertiary/aromatic N) is 2. The topological polar surface area (TPSA) is 83.9 Å². The number of rotatable bonds is 7. The second kappa shape index (κ2) is 9.23. The van der Waals surface area contributed by atoms with Gasteiger partial charge in [-0.25, -0.2) is 8.42 Å². The van der Waals surface area contributed by atoms with Crippen molar-refractivity contribution in [3.8, 4) is 0 Å². The van der Waals surface area contributed by atoms with Crippen LogP contribution < -0.4 is 0 Å². The zero-order valence-electron chi connectivity index (χ0n) is 16.4. The summed E-state index contributed by atoms with van der Waals surface area (Å²) in [5.74, 6) is -0.0589. The Kier molecular flexibility index (Phi) is 6.69. The van der Waals surface area contributed by atoms with Gasteiger partial charge in [0.25, 0.3) is 10.0 Å². The van der Waals surface area contributed by atoms with Gasteiger partial charge in [0.15, 0.2) is 0 Å². The van der Waals surface area contributed by atoms with Crippen molar-refractivity contribution in [1.29, 1.82) is 0 Å². The summed E-state index contributed by atoms with van der Waals surface area (Å²) >= 11 is 0. The normalized spacial score (nSPS) is 12.5. The molecular formula is C22H22N2O4S2. The maximum absolute atomic E-state index is 12.9. The van der Waals surface area contributed by atoms with Crippen LogP contribution in [0.5, 0.6) is 0 Å². The van der Waals surface area contributed by atoms with Crippen molar-refractivity contribution >= 4 is 25.9 Å². The maximum atomic E-state index is 12.9. The first-order valence-electron chi connectivity index (χ1n) is 9.20. The molecule has 0 N–H and O–H groups in total. The van der Waals surface area contributed by atoms with Gasteiger partial charge in [-0.15, -0.1) is 4.40 Å². The lowest BCUT2D eigenvalue weighted by atomic mass is 10.1. The van der Waals surface area contributed by atoms with E-state index in [0.717, 1.165) is 21.7 Å². The molecular weight excluding hydrogens is 420 g/mol. The van der Waals surface area contributed by atoms with Gasteiger partial charge in [-0.1, -0.05) is 78.9 Å². The van der Waals surface area contributed by atoms with Crippen LogP contribution in [0.3, 0.4) is 0 Å². The zero-order chi connectivity index (χ0) is 21.6. The van der Waals surface area contributed by atoms with Crippen LogP contribution in [0.25, 0.3) is 0 Å². The van der Waals surface area contributed by atoms with E-state index in [1.54, 1.807) is 66.7 Å². The van der Waals surface area contributed by atoms with Crippen molar-refractivity contribution in [3.63, 3.8) is 0 Å².